The number of nitrogens with one attached hydrogen (secondary N) is 2. The van der Waals surface area contributed by atoms with Gasteiger partial charge in [-0.25, -0.2) is 0 Å². The molecule has 1 heterocycles. The summed E-state index contributed by atoms with van der Waals surface area (Å²) >= 11 is 0. The lowest BCUT2D eigenvalue weighted by atomic mass is 10.1. The summed E-state index contributed by atoms with van der Waals surface area (Å²) in [6.45, 7) is 0.784. The van der Waals surface area contributed by atoms with E-state index in [1.807, 2.05) is 48.5 Å². The van der Waals surface area contributed by atoms with Gasteiger partial charge in [0.25, 0.3) is 5.91 Å². The van der Waals surface area contributed by atoms with Gasteiger partial charge in [-0.2, -0.15) is 0 Å². The number of carbonyl (C=O) groups excluding carboxylic acids is 2. The first-order valence-corrected chi connectivity index (χ1v) is 8.65. The second-order valence-corrected chi connectivity index (χ2v) is 6.12. The second kappa shape index (κ2) is 8.89. The Morgan fingerprint density at radius 3 is 2.42 bits per heavy atom. The molecule has 136 valence electrons. The molecule has 1 fully saturated rings. The third-order valence-electron chi connectivity index (χ3n) is 4.08. The zero-order chi connectivity index (χ0) is 18.2. The minimum Gasteiger partial charge on any atom is -0.485 e. The van der Waals surface area contributed by atoms with Gasteiger partial charge in [0.15, 0.2) is 18.1 Å². The number of rotatable bonds is 7. The van der Waals surface area contributed by atoms with Gasteiger partial charge in [0, 0.05) is 19.0 Å². The van der Waals surface area contributed by atoms with Crippen LogP contribution in [0.25, 0.3) is 0 Å². The lowest BCUT2D eigenvalue weighted by molar-refractivity contribution is -0.126. The predicted molar refractivity (Wildman–Crippen MR) is 96.9 cm³/mol. The van der Waals surface area contributed by atoms with Crippen molar-refractivity contribution in [3.63, 3.8) is 0 Å². The third-order valence-corrected chi connectivity index (χ3v) is 4.08. The van der Waals surface area contributed by atoms with Crippen molar-refractivity contribution < 1.29 is 19.1 Å². The molecule has 0 aliphatic carbocycles. The van der Waals surface area contributed by atoms with E-state index in [1.165, 1.54) is 0 Å². The number of para-hydroxylation sites is 2. The van der Waals surface area contributed by atoms with E-state index in [4.69, 9.17) is 9.47 Å². The minimum atomic E-state index is -0.219. The number of piperidine rings is 1. The Bertz CT molecular complexity index is 738. The standard InChI is InChI=1S/C20H22N2O4/c23-19-11-10-16(12-21-19)22-20(24)14-26-18-9-5-4-8-17(18)25-13-15-6-2-1-3-7-15/h1-9,16H,10-14H2,(H,21,23)(H,22,24). The van der Waals surface area contributed by atoms with E-state index in [2.05, 4.69) is 10.6 Å². The Balaban J connectivity index is 1.50. The molecule has 0 radical (unpaired) electrons. The van der Waals surface area contributed by atoms with Crippen LogP contribution in [0.15, 0.2) is 54.6 Å². The van der Waals surface area contributed by atoms with Gasteiger partial charge in [-0.3, -0.25) is 9.59 Å². The van der Waals surface area contributed by atoms with Crippen LogP contribution in [0.2, 0.25) is 0 Å². The molecule has 0 bridgehead atoms. The van der Waals surface area contributed by atoms with Gasteiger partial charge in [-0.15, -0.1) is 0 Å². The SMILES string of the molecule is O=C1CCC(NC(=O)COc2ccccc2OCc2ccccc2)CN1. The summed E-state index contributed by atoms with van der Waals surface area (Å²) < 4.78 is 11.4. The molecule has 1 atom stereocenters. The Labute approximate surface area is 152 Å². The lowest BCUT2D eigenvalue weighted by Crippen LogP contribution is -2.48. The maximum absolute atomic E-state index is 12.1. The average molecular weight is 354 g/mol. The van der Waals surface area contributed by atoms with Gasteiger partial charge in [-0.05, 0) is 24.1 Å². The lowest BCUT2D eigenvalue weighted by Gasteiger charge is -2.23. The van der Waals surface area contributed by atoms with Crippen molar-refractivity contribution in [3.8, 4) is 11.5 Å². The van der Waals surface area contributed by atoms with Gasteiger partial charge in [0.05, 0.1) is 0 Å². The van der Waals surface area contributed by atoms with Crippen LogP contribution in [-0.4, -0.2) is 31.0 Å². The largest absolute Gasteiger partial charge is 0.485 e. The van der Waals surface area contributed by atoms with E-state index in [1.54, 1.807) is 6.07 Å². The molecule has 2 N–H and O–H groups in total. The van der Waals surface area contributed by atoms with Crippen LogP contribution < -0.4 is 20.1 Å². The first-order chi connectivity index (χ1) is 12.7. The number of hydrogen-bond donors (Lipinski definition) is 2. The van der Waals surface area contributed by atoms with E-state index in [9.17, 15) is 9.59 Å². The second-order valence-electron chi connectivity index (χ2n) is 6.12. The minimum absolute atomic E-state index is 0.0243. The molecule has 1 aliphatic rings. The van der Waals surface area contributed by atoms with Crippen molar-refractivity contribution in [2.75, 3.05) is 13.2 Å². The van der Waals surface area contributed by atoms with Crippen molar-refractivity contribution >= 4 is 11.8 Å². The highest BCUT2D eigenvalue weighted by molar-refractivity contribution is 5.79. The van der Waals surface area contributed by atoms with Crippen molar-refractivity contribution in [1.82, 2.24) is 10.6 Å². The Morgan fingerprint density at radius 1 is 1.04 bits per heavy atom. The zero-order valence-corrected chi connectivity index (χ0v) is 14.4. The molecule has 0 aromatic heterocycles. The molecular formula is C20H22N2O4. The molecular weight excluding hydrogens is 332 g/mol. The quantitative estimate of drug-likeness (QED) is 0.798. The summed E-state index contributed by atoms with van der Waals surface area (Å²) in [7, 11) is 0. The average Bonchev–Trinajstić information content (AvgIpc) is 2.68. The van der Waals surface area contributed by atoms with E-state index >= 15 is 0 Å². The van der Waals surface area contributed by atoms with Crippen LogP contribution in [0.1, 0.15) is 18.4 Å². The van der Waals surface area contributed by atoms with Crippen LogP contribution in [0.4, 0.5) is 0 Å². The van der Waals surface area contributed by atoms with E-state index < -0.39 is 0 Å². The number of ether oxygens (including phenoxy) is 2. The van der Waals surface area contributed by atoms with Gasteiger partial charge < -0.3 is 20.1 Å². The number of hydrogen-bond acceptors (Lipinski definition) is 4. The molecule has 0 saturated carbocycles. The van der Waals surface area contributed by atoms with E-state index in [0.29, 0.717) is 37.5 Å². The monoisotopic (exact) mass is 354 g/mol. The fraction of sp³-hybridized carbons (Fsp3) is 0.300. The maximum Gasteiger partial charge on any atom is 0.258 e. The molecule has 0 spiro atoms. The molecule has 3 rings (SSSR count). The molecule has 26 heavy (non-hydrogen) atoms. The number of benzene rings is 2. The molecule has 1 saturated heterocycles. The highest BCUT2D eigenvalue weighted by Gasteiger charge is 2.19. The summed E-state index contributed by atoms with van der Waals surface area (Å²) in [6.07, 6.45) is 1.08. The fourth-order valence-corrected chi connectivity index (χ4v) is 2.69. The molecule has 1 aliphatic heterocycles. The highest BCUT2D eigenvalue weighted by atomic mass is 16.5. The summed E-state index contributed by atoms with van der Waals surface area (Å²) in [5.41, 5.74) is 1.05. The molecule has 1 unspecified atom stereocenters. The fourth-order valence-electron chi connectivity index (χ4n) is 2.69. The number of amides is 2. The molecule has 2 aromatic carbocycles. The van der Waals surface area contributed by atoms with Crippen molar-refractivity contribution in [3.05, 3.63) is 60.2 Å². The molecule has 2 aromatic rings. The highest BCUT2D eigenvalue weighted by Crippen LogP contribution is 2.27. The first-order valence-electron chi connectivity index (χ1n) is 8.65. The Hall–Kier alpha value is -3.02. The van der Waals surface area contributed by atoms with Crippen molar-refractivity contribution in [2.24, 2.45) is 0 Å². The van der Waals surface area contributed by atoms with Gasteiger partial charge in [0.2, 0.25) is 5.91 Å². The normalized spacial score (nSPS) is 16.5. The molecule has 6 heteroatoms. The summed E-state index contributed by atoms with van der Waals surface area (Å²) in [5.74, 6) is 0.921. The predicted octanol–water partition coefficient (Wildman–Crippen LogP) is 2.04. The van der Waals surface area contributed by atoms with Crippen molar-refractivity contribution in [2.45, 2.75) is 25.5 Å². The van der Waals surface area contributed by atoms with E-state index in [0.717, 1.165) is 5.56 Å². The van der Waals surface area contributed by atoms with Gasteiger partial charge in [0.1, 0.15) is 6.61 Å². The summed E-state index contributed by atoms with van der Waals surface area (Å²) in [6, 6.07) is 17.1. The zero-order valence-electron chi connectivity index (χ0n) is 14.4. The Morgan fingerprint density at radius 2 is 1.73 bits per heavy atom. The van der Waals surface area contributed by atoms with Crippen LogP contribution in [0, 0.1) is 0 Å². The first kappa shape index (κ1) is 17.8. The van der Waals surface area contributed by atoms with Crippen LogP contribution >= 0.6 is 0 Å². The van der Waals surface area contributed by atoms with Crippen molar-refractivity contribution in [1.29, 1.82) is 0 Å². The Kier molecular flexibility index (Phi) is 6.09. The third kappa shape index (κ3) is 5.24. The molecule has 6 nitrogen and oxygen atoms in total. The molecule has 2 amide bonds. The smallest absolute Gasteiger partial charge is 0.258 e. The van der Waals surface area contributed by atoms with Crippen LogP contribution in [-0.2, 0) is 16.2 Å². The summed E-state index contributed by atoms with van der Waals surface area (Å²) in [5, 5.41) is 5.61. The van der Waals surface area contributed by atoms with E-state index in [-0.39, 0.29) is 24.5 Å². The topological polar surface area (TPSA) is 76.7 Å². The van der Waals surface area contributed by atoms with Gasteiger partial charge in [-0.1, -0.05) is 42.5 Å². The van der Waals surface area contributed by atoms with Crippen LogP contribution in [0.5, 0.6) is 11.5 Å². The maximum atomic E-state index is 12.1. The van der Waals surface area contributed by atoms with Gasteiger partial charge >= 0.3 is 0 Å². The van der Waals surface area contributed by atoms with Crippen LogP contribution in [0.3, 0.4) is 0 Å². The number of carbonyl (C=O) groups is 2. The summed E-state index contributed by atoms with van der Waals surface area (Å²) in [4.78, 5) is 23.2.